The molecule has 0 amide bonds. The van der Waals surface area contributed by atoms with Crippen LogP contribution >= 0.6 is 23.1 Å². The van der Waals surface area contributed by atoms with Crippen molar-refractivity contribution in [2.24, 2.45) is 11.8 Å². The number of aryl methyl sites for hydroxylation is 1. The van der Waals surface area contributed by atoms with Crippen LogP contribution < -0.4 is 4.90 Å². The third-order valence-corrected chi connectivity index (χ3v) is 9.59. The van der Waals surface area contributed by atoms with E-state index in [1.165, 1.54) is 73.0 Å². The van der Waals surface area contributed by atoms with Gasteiger partial charge in [-0.05, 0) is 103 Å². The minimum atomic E-state index is 0.802. The van der Waals surface area contributed by atoms with Gasteiger partial charge in [0.25, 0.3) is 0 Å². The average molecular weight is 470 g/mol. The lowest BCUT2D eigenvalue weighted by atomic mass is 9.82. The Labute approximate surface area is 205 Å². The summed E-state index contributed by atoms with van der Waals surface area (Å²) in [5.74, 6) is 1.73. The summed E-state index contributed by atoms with van der Waals surface area (Å²) in [6.45, 7) is 5.57. The number of benzene rings is 2. The number of thiophene rings is 1. The van der Waals surface area contributed by atoms with Gasteiger partial charge in [-0.25, -0.2) is 0 Å². The van der Waals surface area contributed by atoms with Gasteiger partial charge < -0.3 is 4.90 Å². The van der Waals surface area contributed by atoms with E-state index in [9.17, 15) is 0 Å². The molecule has 0 bridgehead atoms. The highest BCUT2D eigenvalue weighted by molar-refractivity contribution is 8.03. The number of nitrogens with zero attached hydrogens (tertiary/aromatic N) is 1. The summed E-state index contributed by atoms with van der Waals surface area (Å²) >= 11 is 3.89. The molecule has 2 aromatic carbocycles. The van der Waals surface area contributed by atoms with Gasteiger partial charge in [-0.2, -0.15) is 0 Å². The van der Waals surface area contributed by atoms with E-state index in [0.717, 1.165) is 24.8 Å². The van der Waals surface area contributed by atoms with E-state index in [2.05, 4.69) is 85.5 Å². The Morgan fingerprint density at radius 3 is 2.58 bits per heavy atom. The molecular formula is C30H31NS2. The van der Waals surface area contributed by atoms with Crippen molar-refractivity contribution in [1.29, 1.82) is 0 Å². The number of thioether (sulfide) groups is 1. The quantitative estimate of drug-likeness (QED) is 0.366. The largest absolute Gasteiger partial charge is 0.335 e. The number of para-hydroxylation sites is 1. The second-order valence-corrected chi connectivity index (χ2v) is 11.7. The summed E-state index contributed by atoms with van der Waals surface area (Å²) in [4.78, 5) is 5.33. The highest BCUT2D eigenvalue weighted by atomic mass is 32.2. The fraction of sp³-hybridized carbons (Fsp3) is 0.333. The number of rotatable bonds is 5. The van der Waals surface area contributed by atoms with Crippen molar-refractivity contribution >= 4 is 44.9 Å². The van der Waals surface area contributed by atoms with Crippen LogP contribution in [0.2, 0.25) is 0 Å². The Hall–Kier alpha value is -2.23. The molecule has 1 unspecified atom stereocenters. The molecule has 0 saturated heterocycles. The number of fused-ring (bicyclic) bond motifs is 2. The topological polar surface area (TPSA) is 3.24 Å². The fourth-order valence-electron chi connectivity index (χ4n) is 5.55. The lowest BCUT2D eigenvalue weighted by Gasteiger charge is -2.25. The van der Waals surface area contributed by atoms with Crippen molar-refractivity contribution in [3.63, 3.8) is 0 Å². The molecule has 168 valence electrons. The Balaban J connectivity index is 1.38. The molecule has 0 radical (unpaired) electrons. The van der Waals surface area contributed by atoms with Gasteiger partial charge in [0.2, 0.25) is 0 Å². The van der Waals surface area contributed by atoms with Gasteiger partial charge in [-0.15, -0.1) is 11.3 Å². The third-order valence-electron chi connectivity index (χ3n) is 7.32. The van der Waals surface area contributed by atoms with Gasteiger partial charge in [0, 0.05) is 21.0 Å². The molecule has 1 saturated carbocycles. The summed E-state index contributed by atoms with van der Waals surface area (Å²) in [6, 6.07) is 17.7. The minimum absolute atomic E-state index is 0.802. The first kappa shape index (κ1) is 21.3. The first-order valence-electron chi connectivity index (χ1n) is 12.4. The first-order valence-corrected chi connectivity index (χ1v) is 14.0. The molecule has 0 spiro atoms. The van der Waals surface area contributed by atoms with Crippen LogP contribution in [0.4, 0.5) is 5.69 Å². The van der Waals surface area contributed by atoms with Crippen LogP contribution in [0.5, 0.6) is 0 Å². The van der Waals surface area contributed by atoms with E-state index in [1.807, 2.05) is 23.1 Å². The van der Waals surface area contributed by atoms with Gasteiger partial charge in [-0.3, -0.25) is 0 Å². The summed E-state index contributed by atoms with van der Waals surface area (Å²) in [7, 11) is 0. The van der Waals surface area contributed by atoms with Crippen LogP contribution in [-0.2, 0) is 6.42 Å². The Morgan fingerprint density at radius 2 is 1.76 bits per heavy atom. The maximum atomic E-state index is 2.52. The monoisotopic (exact) mass is 469 g/mol. The summed E-state index contributed by atoms with van der Waals surface area (Å²) in [5, 5.41) is 2.83. The van der Waals surface area contributed by atoms with Gasteiger partial charge in [-0.1, -0.05) is 55.1 Å². The highest BCUT2D eigenvalue weighted by Crippen LogP contribution is 2.49. The molecule has 1 nitrogen and oxygen atoms in total. The van der Waals surface area contributed by atoms with Crippen LogP contribution in [0.15, 0.2) is 81.8 Å². The van der Waals surface area contributed by atoms with Crippen molar-refractivity contribution < 1.29 is 0 Å². The van der Waals surface area contributed by atoms with Gasteiger partial charge in [0.1, 0.15) is 0 Å². The molecule has 3 heteroatoms. The summed E-state index contributed by atoms with van der Waals surface area (Å²) < 4.78 is 1.42. The Morgan fingerprint density at radius 1 is 0.939 bits per heavy atom. The average Bonchev–Trinajstić information content (AvgIpc) is 3.54. The van der Waals surface area contributed by atoms with Crippen LogP contribution in [0.3, 0.4) is 0 Å². The predicted molar refractivity (Wildman–Crippen MR) is 146 cm³/mol. The summed E-state index contributed by atoms with van der Waals surface area (Å²) in [5.41, 5.74) is 5.91. The van der Waals surface area contributed by atoms with E-state index in [1.54, 1.807) is 0 Å². The molecule has 0 N–H and O–H groups in total. The van der Waals surface area contributed by atoms with Crippen LogP contribution in [0.25, 0.3) is 16.2 Å². The fourth-order valence-corrected chi connectivity index (χ4v) is 8.02. The van der Waals surface area contributed by atoms with Gasteiger partial charge >= 0.3 is 0 Å². The molecule has 1 atom stereocenters. The van der Waals surface area contributed by atoms with E-state index < -0.39 is 0 Å². The molecule has 33 heavy (non-hydrogen) atoms. The minimum Gasteiger partial charge on any atom is -0.335 e. The zero-order valence-electron chi connectivity index (χ0n) is 19.5. The molecule has 3 aliphatic rings. The molecule has 2 heterocycles. The van der Waals surface area contributed by atoms with Crippen molar-refractivity contribution in [2.75, 3.05) is 11.4 Å². The zero-order chi connectivity index (χ0) is 22.4. The lowest BCUT2D eigenvalue weighted by molar-refractivity contribution is 0.451. The predicted octanol–water partition coefficient (Wildman–Crippen LogP) is 9.07. The first-order chi connectivity index (χ1) is 16.2. The van der Waals surface area contributed by atoms with Crippen LogP contribution in [0.1, 0.15) is 50.0 Å². The maximum Gasteiger partial charge on any atom is 0.0804 e. The molecule has 3 aromatic rings. The van der Waals surface area contributed by atoms with Gasteiger partial charge in [0.05, 0.1) is 10.7 Å². The SMILES string of the molecule is CCc1c(/C=C2C=C(/C=C3\Sc4ccccc4N3CC)CC(C3CC3)C/2)sc2ccccc12. The number of hydrogen-bond acceptors (Lipinski definition) is 3. The molecule has 1 fully saturated rings. The number of allylic oxidation sites excluding steroid dienone is 4. The number of anilines is 1. The van der Waals surface area contributed by atoms with E-state index in [4.69, 9.17) is 0 Å². The van der Waals surface area contributed by atoms with E-state index in [-0.39, 0.29) is 0 Å². The third kappa shape index (κ3) is 4.11. The van der Waals surface area contributed by atoms with Crippen molar-refractivity contribution in [3.05, 3.63) is 87.3 Å². The Kier molecular flexibility index (Phi) is 5.72. The standard InChI is InChI=1S/C30H31NS2/c1-3-24-25-9-5-7-11-27(25)32-29(24)18-20-15-21(17-23(16-20)22-13-14-22)19-30-31(4-2)26-10-6-8-12-28(26)33-30/h5-12,15,18-19,22-23H,3-4,13-14,16-17H2,1-2H3/b20-18-,30-19-. The second-order valence-electron chi connectivity index (χ2n) is 9.54. The second kappa shape index (κ2) is 8.85. The smallest absolute Gasteiger partial charge is 0.0804 e. The molecule has 6 rings (SSSR count). The zero-order valence-corrected chi connectivity index (χ0v) is 21.1. The molecule has 2 aliphatic carbocycles. The van der Waals surface area contributed by atoms with E-state index in [0.29, 0.717) is 0 Å². The Bertz CT molecular complexity index is 1290. The van der Waals surface area contributed by atoms with Crippen molar-refractivity contribution in [3.8, 4) is 0 Å². The normalized spacial score (nSPS) is 22.9. The lowest BCUT2D eigenvalue weighted by Crippen LogP contribution is -2.17. The number of hydrogen-bond donors (Lipinski definition) is 0. The van der Waals surface area contributed by atoms with Crippen molar-refractivity contribution in [1.82, 2.24) is 0 Å². The van der Waals surface area contributed by atoms with Crippen LogP contribution in [-0.4, -0.2) is 6.54 Å². The van der Waals surface area contributed by atoms with Gasteiger partial charge in [0.15, 0.2) is 0 Å². The molecule has 1 aliphatic heterocycles. The van der Waals surface area contributed by atoms with E-state index >= 15 is 0 Å². The summed E-state index contributed by atoms with van der Waals surface area (Å²) in [6.07, 6.45) is 13.9. The molecule has 1 aromatic heterocycles. The van der Waals surface area contributed by atoms with Crippen LogP contribution in [0, 0.1) is 11.8 Å². The highest BCUT2D eigenvalue weighted by Gasteiger charge is 2.34. The van der Waals surface area contributed by atoms with Crippen molar-refractivity contribution in [2.45, 2.75) is 50.8 Å². The maximum absolute atomic E-state index is 2.52. The molecular weight excluding hydrogens is 438 g/mol.